The molecule has 0 saturated carbocycles. The molecule has 27 heavy (non-hydrogen) atoms. The molecule has 1 amide bonds. The second-order valence-electron chi connectivity index (χ2n) is 7.59. The summed E-state index contributed by atoms with van der Waals surface area (Å²) in [5.41, 5.74) is 1.81. The Bertz CT molecular complexity index is 819. The van der Waals surface area contributed by atoms with Crippen molar-refractivity contribution >= 4 is 5.91 Å². The summed E-state index contributed by atoms with van der Waals surface area (Å²) in [5, 5.41) is 9.67. The third-order valence-corrected chi connectivity index (χ3v) is 4.70. The monoisotopic (exact) mass is 363 g/mol. The second kappa shape index (κ2) is 8.39. The number of piperazine rings is 1. The van der Waals surface area contributed by atoms with Gasteiger partial charge in [-0.2, -0.15) is 0 Å². The van der Waals surface area contributed by atoms with Gasteiger partial charge < -0.3 is 14.9 Å². The van der Waals surface area contributed by atoms with Crippen LogP contribution in [0.1, 0.15) is 35.3 Å². The zero-order valence-corrected chi connectivity index (χ0v) is 16.0. The first-order valence-corrected chi connectivity index (χ1v) is 9.43. The van der Waals surface area contributed by atoms with Gasteiger partial charge >= 0.3 is 0 Å². The van der Waals surface area contributed by atoms with Crippen LogP contribution in [-0.4, -0.2) is 47.7 Å². The molecule has 2 aromatic rings. The Hall–Kier alpha value is -2.61. The fourth-order valence-electron chi connectivity index (χ4n) is 3.19. The molecule has 2 aromatic carbocycles. The Kier molecular flexibility index (Phi) is 5.95. The predicted octanol–water partition coefficient (Wildman–Crippen LogP) is 1.35. The summed E-state index contributed by atoms with van der Waals surface area (Å²) in [6.07, 6.45) is 0. The molecule has 140 valence electrons. The van der Waals surface area contributed by atoms with Gasteiger partial charge in [0.05, 0.1) is 26.2 Å². The average molecular weight is 363 g/mol. The Labute approximate surface area is 161 Å². The highest BCUT2D eigenvalue weighted by molar-refractivity contribution is 5.94. The molecular weight excluding hydrogens is 336 g/mol. The third-order valence-electron chi connectivity index (χ3n) is 4.70. The molecule has 0 aromatic heterocycles. The van der Waals surface area contributed by atoms with Crippen molar-refractivity contribution in [1.29, 1.82) is 0 Å². The van der Waals surface area contributed by atoms with E-state index in [0.717, 1.165) is 38.3 Å². The molecule has 0 bridgehead atoms. The van der Waals surface area contributed by atoms with Gasteiger partial charge in [-0.15, -0.1) is 0 Å². The zero-order chi connectivity index (χ0) is 19.3. The average Bonchev–Trinajstić information content (AvgIpc) is 2.67. The molecule has 0 radical (unpaired) electrons. The van der Waals surface area contributed by atoms with Gasteiger partial charge in [-0.25, -0.2) is 0 Å². The number of nitrogens with zero attached hydrogens (tertiary/aromatic N) is 1. The van der Waals surface area contributed by atoms with Gasteiger partial charge in [-0.1, -0.05) is 42.2 Å². The highest BCUT2D eigenvalue weighted by Gasteiger charge is 2.24. The highest BCUT2D eigenvalue weighted by atomic mass is 16.3. The van der Waals surface area contributed by atoms with Gasteiger partial charge in [-0.05, 0) is 38.1 Å². The number of quaternary nitrogens is 1. The van der Waals surface area contributed by atoms with Crippen LogP contribution in [0.25, 0.3) is 0 Å². The Morgan fingerprint density at radius 3 is 2.30 bits per heavy atom. The SMILES string of the molecule is CC(C)(O)C#Cc1ccc(C(=O)N2CC[NH+](Cc3ccccc3)CC2)cc1. The van der Waals surface area contributed by atoms with Gasteiger partial charge in [0.1, 0.15) is 12.1 Å². The summed E-state index contributed by atoms with van der Waals surface area (Å²) < 4.78 is 0. The van der Waals surface area contributed by atoms with Crippen LogP contribution < -0.4 is 4.90 Å². The number of rotatable bonds is 3. The molecule has 2 N–H and O–H groups in total. The highest BCUT2D eigenvalue weighted by Crippen LogP contribution is 2.08. The van der Waals surface area contributed by atoms with Crippen LogP contribution in [0, 0.1) is 11.8 Å². The molecule has 4 nitrogen and oxygen atoms in total. The van der Waals surface area contributed by atoms with Crippen LogP contribution in [-0.2, 0) is 6.54 Å². The van der Waals surface area contributed by atoms with Crippen LogP contribution in [0.15, 0.2) is 54.6 Å². The number of aliphatic hydroxyl groups is 1. The van der Waals surface area contributed by atoms with Crippen molar-refractivity contribution in [1.82, 2.24) is 4.90 Å². The number of hydrogen-bond donors (Lipinski definition) is 2. The molecule has 4 heteroatoms. The molecule has 1 aliphatic heterocycles. The molecule has 0 unspecified atom stereocenters. The lowest BCUT2D eigenvalue weighted by Gasteiger charge is -2.32. The van der Waals surface area contributed by atoms with Crippen LogP contribution in [0.5, 0.6) is 0 Å². The lowest BCUT2D eigenvalue weighted by molar-refractivity contribution is -0.917. The summed E-state index contributed by atoms with van der Waals surface area (Å²) >= 11 is 0. The van der Waals surface area contributed by atoms with Gasteiger partial charge in [0.25, 0.3) is 5.91 Å². The molecule has 0 atom stereocenters. The van der Waals surface area contributed by atoms with Crippen molar-refractivity contribution in [2.24, 2.45) is 0 Å². The fourth-order valence-corrected chi connectivity index (χ4v) is 3.19. The first-order valence-electron chi connectivity index (χ1n) is 9.43. The molecule has 0 aliphatic carbocycles. The molecule has 3 rings (SSSR count). The summed E-state index contributed by atoms with van der Waals surface area (Å²) in [6, 6.07) is 17.8. The third kappa shape index (κ3) is 5.68. The number of carbonyl (C=O) groups excluding carboxylic acids is 1. The van der Waals surface area contributed by atoms with E-state index in [-0.39, 0.29) is 5.91 Å². The molecule has 1 heterocycles. The van der Waals surface area contributed by atoms with Crippen molar-refractivity contribution in [3.63, 3.8) is 0 Å². The Morgan fingerprint density at radius 2 is 1.70 bits per heavy atom. The van der Waals surface area contributed by atoms with Crippen LogP contribution in [0.2, 0.25) is 0 Å². The van der Waals surface area contributed by atoms with Crippen LogP contribution in [0.4, 0.5) is 0 Å². The van der Waals surface area contributed by atoms with E-state index in [9.17, 15) is 9.90 Å². The second-order valence-corrected chi connectivity index (χ2v) is 7.59. The van der Waals surface area contributed by atoms with Crippen molar-refractivity contribution in [3.05, 3.63) is 71.3 Å². The smallest absolute Gasteiger partial charge is 0.254 e. The number of carbonyl (C=O) groups is 1. The van der Waals surface area contributed by atoms with Gasteiger partial charge in [0, 0.05) is 16.7 Å². The van der Waals surface area contributed by atoms with Crippen LogP contribution in [0.3, 0.4) is 0 Å². The lowest BCUT2D eigenvalue weighted by atomic mass is 10.1. The molecular formula is C23H27N2O2+. The fraction of sp³-hybridized carbons (Fsp3) is 0.348. The largest absolute Gasteiger partial charge is 0.378 e. The van der Waals surface area contributed by atoms with E-state index in [1.807, 2.05) is 35.2 Å². The topological polar surface area (TPSA) is 45.0 Å². The standard InChI is InChI=1S/C23H26N2O2/c1-23(2,27)13-12-19-8-10-21(11-9-19)22(26)25-16-14-24(15-17-25)18-20-6-4-3-5-7-20/h3-11,27H,14-18H2,1-2H3/p+1. The zero-order valence-electron chi connectivity index (χ0n) is 16.0. The first kappa shape index (κ1) is 19.2. The summed E-state index contributed by atoms with van der Waals surface area (Å²) in [6.45, 7) is 7.81. The summed E-state index contributed by atoms with van der Waals surface area (Å²) in [7, 11) is 0. The minimum atomic E-state index is -1.02. The minimum Gasteiger partial charge on any atom is -0.378 e. The van der Waals surface area contributed by atoms with Crippen LogP contribution >= 0.6 is 0 Å². The van der Waals surface area contributed by atoms with Gasteiger partial charge in [0.2, 0.25) is 0 Å². The summed E-state index contributed by atoms with van der Waals surface area (Å²) in [4.78, 5) is 16.2. The maximum absolute atomic E-state index is 12.7. The summed E-state index contributed by atoms with van der Waals surface area (Å²) in [5.74, 6) is 5.79. The van der Waals surface area contributed by atoms with Crippen molar-refractivity contribution in [2.45, 2.75) is 26.0 Å². The van der Waals surface area contributed by atoms with Crippen molar-refractivity contribution < 1.29 is 14.8 Å². The van der Waals surface area contributed by atoms with E-state index >= 15 is 0 Å². The maximum Gasteiger partial charge on any atom is 0.254 e. The number of amides is 1. The van der Waals surface area contributed by atoms with E-state index in [1.165, 1.54) is 10.5 Å². The quantitative estimate of drug-likeness (QED) is 0.809. The predicted molar refractivity (Wildman–Crippen MR) is 106 cm³/mol. The minimum absolute atomic E-state index is 0.0794. The van der Waals surface area contributed by atoms with E-state index in [4.69, 9.17) is 0 Å². The number of hydrogen-bond acceptors (Lipinski definition) is 2. The maximum atomic E-state index is 12.7. The number of benzene rings is 2. The number of nitrogens with one attached hydrogen (secondary N) is 1. The van der Waals surface area contributed by atoms with E-state index in [2.05, 4.69) is 36.1 Å². The first-order chi connectivity index (χ1) is 12.9. The molecule has 0 spiro atoms. The van der Waals surface area contributed by atoms with Gasteiger partial charge in [-0.3, -0.25) is 4.79 Å². The van der Waals surface area contributed by atoms with Crippen molar-refractivity contribution in [3.8, 4) is 11.8 Å². The van der Waals surface area contributed by atoms with Gasteiger partial charge in [0.15, 0.2) is 0 Å². The van der Waals surface area contributed by atoms with E-state index < -0.39 is 5.60 Å². The molecule has 1 aliphatic rings. The molecule has 1 fully saturated rings. The van der Waals surface area contributed by atoms with E-state index in [0.29, 0.717) is 5.56 Å². The van der Waals surface area contributed by atoms with Crippen molar-refractivity contribution in [2.75, 3.05) is 26.2 Å². The Morgan fingerprint density at radius 1 is 1.07 bits per heavy atom. The lowest BCUT2D eigenvalue weighted by Crippen LogP contribution is -3.13. The Balaban J connectivity index is 1.55. The normalized spacial score (nSPS) is 15.1. The van der Waals surface area contributed by atoms with E-state index in [1.54, 1.807) is 13.8 Å². The molecule has 1 saturated heterocycles.